The molecule has 2 aromatic carbocycles. The maximum absolute atomic E-state index is 12.7. The van der Waals surface area contributed by atoms with Crippen LogP contribution in [-0.2, 0) is 11.2 Å². The molecule has 0 radical (unpaired) electrons. The molecular weight excluding hydrogens is 326 g/mol. The minimum absolute atomic E-state index is 0.0136. The van der Waals surface area contributed by atoms with Crippen molar-refractivity contribution in [3.8, 4) is 0 Å². The topological polar surface area (TPSA) is 54.5 Å². The van der Waals surface area contributed by atoms with Crippen molar-refractivity contribution < 1.29 is 14.4 Å². The molecule has 4 heteroatoms. The summed E-state index contributed by atoms with van der Waals surface area (Å²) in [5, 5.41) is 0. The van der Waals surface area contributed by atoms with E-state index in [1.165, 1.54) is 6.92 Å². The van der Waals surface area contributed by atoms with Gasteiger partial charge >= 0.3 is 0 Å². The van der Waals surface area contributed by atoms with Crippen LogP contribution in [0.15, 0.2) is 42.5 Å². The summed E-state index contributed by atoms with van der Waals surface area (Å²) in [5.74, 6) is -0.0968. The summed E-state index contributed by atoms with van der Waals surface area (Å²) in [6.07, 6.45) is 2.17. The van der Waals surface area contributed by atoms with E-state index in [-0.39, 0.29) is 30.3 Å². The molecule has 0 saturated heterocycles. The van der Waals surface area contributed by atoms with Gasteiger partial charge in [-0.3, -0.25) is 14.4 Å². The molecule has 0 aromatic heterocycles. The molecule has 3 rings (SSSR count). The number of carbonyl (C=O) groups excluding carboxylic acids is 3. The third-order valence-electron chi connectivity index (χ3n) is 4.85. The van der Waals surface area contributed by atoms with Crippen molar-refractivity contribution in [3.05, 3.63) is 64.7 Å². The second-order valence-electron chi connectivity index (χ2n) is 6.84. The summed E-state index contributed by atoms with van der Waals surface area (Å²) in [6.45, 7) is 4.13. The number of amides is 1. The Morgan fingerprint density at radius 1 is 0.962 bits per heavy atom. The molecule has 0 bridgehead atoms. The average molecular weight is 349 g/mol. The van der Waals surface area contributed by atoms with E-state index in [9.17, 15) is 14.4 Å². The molecule has 2 aromatic rings. The fraction of sp³-hybridized carbons (Fsp3) is 0.318. The first kappa shape index (κ1) is 18.1. The lowest BCUT2D eigenvalue weighted by Crippen LogP contribution is -2.35. The third kappa shape index (κ3) is 3.90. The van der Waals surface area contributed by atoms with Crippen LogP contribution in [-0.4, -0.2) is 24.0 Å². The van der Waals surface area contributed by atoms with Crippen LogP contribution in [0.1, 0.15) is 58.0 Å². The molecular formula is C22H23NO3. The Morgan fingerprint density at radius 2 is 1.65 bits per heavy atom. The molecule has 0 atom stereocenters. The molecule has 4 nitrogen and oxygen atoms in total. The highest BCUT2D eigenvalue weighted by Gasteiger charge is 2.23. The van der Waals surface area contributed by atoms with E-state index in [4.69, 9.17) is 0 Å². The molecule has 0 spiro atoms. The summed E-state index contributed by atoms with van der Waals surface area (Å²) in [7, 11) is 0. The Hall–Kier alpha value is -2.75. The van der Waals surface area contributed by atoms with Crippen molar-refractivity contribution in [2.24, 2.45) is 0 Å². The number of ketones is 2. The van der Waals surface area contributed by atoms with E-state index in [0.29, 0.717) is 17.7 Å². The molecule has 134 valence electrons. The molecule has 0 aliphatic carbocycles. The number of benzene rings is 2. The first-order valence-corrected chi connectivity index (χ1v) is 9.00. The van der Waals surface area contributed by atoms with Gasteiger partial charge in [-0.15, -0.1) is 0 Å². The van der Waals surface area contributed by atoms with Crippen LogP contribution in [0.25, 0.3) is 0 Å². The van der Waals surface area contributed by atoms with Gasteiger partial charge in [0.1, 0.15) is 0 Å². The zero-order valence-electron chi connectivity index (χ0n) is 15.2. The fourth-order valence-corrected chi connectivity index (χ4v) is 3.29. The van der Waals surface area contributed by atoms with E-state index in [0.717, 1.165) is 29.7 Å². The van der Waals surface area contributed by atoms with Crippen molar-refractivity contribution in [2.75, 3.05) is 11.4 Å². The summed E-state index contributed by atoms with van der Waals surface area (Å²) >= 11 is 0. The molecule has 26 heavy (non-hydrogen) atoms. The van der Waals surface area contributed by atoms with E-state index in [2.05, 4.69) is 0 Å². The number of fused-ring (bicyclic) bond motifs is 1. The zero-order chi connectivity index (χ0) is 18.7. The minimum Gasteiger partial charge on any atom is -0.312 e. The number of nitrogens with zero attached hydrogens (tertiary/aromatic N) is 1. The zero-order valence-corrected chi connectivity index (χ0v) is 15.2. The average Bonchev–Trinajstić information content (AvgIpc) is 2.65. The molecule has 1 aliphatic heterocycles. The number of aryl methyl sites for hydroxylation is 2. The molecule has 0 N–H and O–H groups in total. The third-order valence-corrected chi connectivity index (χ3v) is 4.85. The van der Waals surface area contributed by atoms with Gasteiger partial charge in [0.2, 0.25) is 5.91 Å². The van der Waals surface area contributed by atoms with Crippen LogP contribution in [0, 0.1) is 6.92 Å². The van der Waals surface area contributed by atoms with Gasteiger partial charge in [0.05, 0.1) is 0 Å². The quantitative estimate of drug-likeness (QED) is 0.762. The highest BCUT2D eigenvalue weighted by atomic mass is 16.2. The summed E-state index contributed by atoms with van der Waals surface area (Å²) < 4.78 is 0. The van der Waals surface area contributed by atoms with E-state index in [1.54, 1.807) is 23.1 Å². The van der Waals surface area contributed by atoms with Crippen molar-refractivity contribution >= 4 is 23.2 Å². The van der Waals surface area contributed by atoms with Gasteiger partial charge in [-0.1, -0.05) is 42.0 Å². The Balaban J connectivity index is 1.71. The largest absolute Gasteiger partial charge is 0.312 e. The van der Waals surface area contributed by atoms with Crippen molar-refractivity contribution in [1.82, 2.24) is 0 Å². The van der Waals surface area contributed by atoms with Gasteiger partial charge in [-0.2, -0.15) is 0 Å². The predicted octanol–water partition coefficient (Wildman–Crippen LogP) is 4.14. The smallest absolute Gasteiger partial charge is 0.227 e. The van der Waals surface area contributed by atoms with E-state index < -0.39 is 0 Å². The molecule has 1 heterocycles. The van der Waals surface area contributed by atoms with Gasteiger partial charge < -0.3 is 4.90 Å². The standard InChI is InChI=1S/C22H23NO3/c1-15-5-7-18(8-6-15)21(25)11-12-22(26)23-13-3-4-17-9-10-19(16(2)24)14-20(17)23/h5-10,14H,3-4,11-13H2,1-2H3. The van der Waals surface area contributed by atoms with Gasteiger partial charge in [0.25, 0.3) is 0 Å². The number of Topliss-reactive ketones (excluding diaryl/α,β-unsaturated/α-hetero) is 2. The first-order chi connectivity index (χ1) is 12.5. The number of hydrogen-bond donors (Lipinski definition) is 0. The van der Waals surface area contributed by atoms with Gasteiger partial charge in [-0.25, -0.2) is 0 Å². The maximum atomic E-state index is 12.7. The summed E-state index contributed by atoms with van der Waals surface area (Å²) in [4.78, 5) is 38.4. The van der Waals surface area contributed by atoms with E-state index in [1.807, 2.05) is 31.2 Å². The van der Waals surface area contributed by atoms with Crippen LogP contribution in [0.5, 0.6) is 0 Å². The Morgan fingerprint density at radius 3 is 2.35 bits per heavy atom. The van der Waals surface area contributed by atoms with Crippen molar-refractivity contribution in [2.45, 2.75) is 39.5 Å². The van der Waals surface area contributed by atoms with Crippen LogP contribution < -0.4 is 4.90 Å². The lowest BCUT2D eigenvalue weighted by atomic mass is 9.97. The highest BCUT2D eigenvalue weighted by molar-refractivity contribution is 6.02. The maximum Gasteiger partial charge on any atom is 0.227 e. The summed E-state index contributed by atoms with van der Waals surface area (Å²) in [5.41, 5.74) is 4.25. The van der Waals surface area contributed by atoms with Crippen molar-refractivity contribution in [3.63, 3.8) is 0 Å². The van der Waals surface area contributed by atoms with Crippen LogP contribution in [0.3, 0.4) is 0 Å². The number of hydrogen-bond acceptors (Lipinski definition) is 3. The lowest BCUT2D eigenvalue weighted by molar-refractivity contribution is -0.118. The second-order valence-corrected chi connectivity index (χ2v) is 6.84. The number of anilines is 1. The monoisotopic (exact) mass is 349 g/mol. The van der Waals surface area contributed by atoms with Crippen LogP contribution in [0.4, 0.5) is 5.69 Å². The van der Waals surface area contributed by atoms with Gasteiger partial charge in [-0.05, 0) is 38.3 Å². The molecule has 1 aliphatic rings. The Bertz CT molecular complexity index is 852. The molecule has 0 unspecified atom stereocenters. The molecule has 1 amide bonds. The van der Waals surface area contributed by atoms with Crippen LogP contribution in [0.2, 0.25) is 0 Å². The molecule has 0 saturated carbocycles. The predicted molar refractivity (Wildman–Crippen MR) is 102 cm³/mol. The minimum atomic E-state index is -0.0629. The number of carbonyl (C=O) groups is 3. The SMILES string of the molecule is CC(=O)c1ccc2c(c1)N(C(=O)CCC(=O)c1ccc(C)cc1)CCC2. The number of rotatable bonds is 5. The second kappa shape index (κ2) is 7.65. The fourth-order valence-electron chi connectivity index (χ4n) is 3.29. The van der Waals surface area contributed by atoms with Gasteiger partial charge in [0.15, 0.2) is 11.6 Å². The Kier molecular flexibility index (Phi) is 5.31. The van der Waals surface area contributed by atoms with Crippen LogP contribution >= 0.6 is 0 Å². The van der Waals surface area contributed by atoms with Gasteiger partial charge in [0, 0.05) is 36.2 Å². The Labute approximate surface area is 153 Å². The first-order valence-electron chi connectivity index (χ1n) is 9.00. The normalized spacial score (nSPS) is 13.2. The van der Waals surface area contributed by atoms with E-state index >= 15 is 0 Å². The van der Waals surface area contributed by atoms with Crippen molar-refractivity contribution in [1.29, 1.82) is 0 Å². The highest BCUT2D eigenvalue weighted by Crippen LogP contribution is 2.29. The lowest BCUT2D eigenvalue weighted by Gasteiger charge is -2.30. The molecule has 0 fully saturated rings. The summed E-state index contributed by atoms with van der Waals surface area (Å²) in [6, 6.07) is 13.0.